The second kappa shape index (κ2) is 10.0. The van der Waals surface area contributed by atoms with Gasteiger partial charge in [-0.05, 0) is 18.4 Å². The first-order valence-electron chi connectivity index (χ1n) is 8.83. The van der Waals surface area contributed by atoms with Gasteiger partial charge in [0.05, 0.1) is 18.8 Å². The summed E-state index contributed by atoms with van der Waals surface area (Å²) < 4.78 is 0. The van der Waals surface area contributed by atoms with Crippen molar-refractivity contribution in [2.75, 3.05) is 18.8 Å². The summed E-state index contributed by atoms with van der Waals surface area (Å²) in [6.45, 7) is 2.85. The minimum atomic E-state index is -0.169. The van der Waals surface area contributed by atoms with Crippen LogP contribution in [0.3, 0.4) is 0 Å². The van der Waals surface area contributed by atoms with E-state index in [4.69, 9.17) is 0 Å². The molecule has 0 aliphatic carbocycles. The average molecular weight is 416 g/mol. The molecule has 0 saturated carbocycles. The number of carbonyl (C=O) groups is 2. The fraction of sp³-hybridized carbons (Fsp3) is 0.263. The van der Waals surface area contributed by atoms with E-state index in [1.807, 2.05) is 54.8 Å². The van der Waals surface area contributed by atoms with Crippen molar-refractivity contribution in [3.63, 3.8) is 0 Å². The third kappa shape index (κ3) is 5.67. The van der Waals surface area contributed by atoms with E-state index < -0.39 is 0 Å². The molecule has 0 radical (unpaired) electrons. The molecule has 3 rings (SSSR count). The molecule has 0 unspecified atom stereocenters. The van der Waals surface area contributed by atoms with Crippen LogP contribution in [0.15, 0.2) is 53.0 Å². The number of benzene rings is 1. The molecule has 0 saturated heterocycles. The van der Waals surface area contributed by atoms with E-state index in [9.17, 15) is 9.59 Å². The van der Waals surface area contributed by atoms with Gasteiger partial charge in [0.2, 0.25) is 17.0 Å². The number of likely N-dealkylation sites (N-methyl/N-ethyl adjacent to an activating group) is 1. The number of thioether (sulfide) groups is 1. The van der Waals surface area contributed by atoms with Crippen LogP contribution in [0.5, 0.6) is 0 Å². The summed E-state index contributed by atoms with van der Waals surface area (Å²) in [5.41, 5.74) is 0.936. The lowest BCUT2D eigenvalue weighted by Crippen LogP contribution is -2.41. The number of amides is 2. The highest BCUT2D eigenvalue weighted by molar-refractivity contribution is 7.99. The van der Waals surface area contributed by atoms with Crippen LogP contribution in [0.1, 0.15) is 11.8 Å². The summed E-state index contributed by atoms with van der Waals surface area (Å²) in [7, 11) is 0. The number of aromatic amines is 1. The van der Waals surface area contributed by atoms with Crippen LogP contribution >= 0.6 is 23.1 Å². The Morgan fingerprint density at radius 1 is 1.21 bits per heavy atom. The second-order valence-electron chi connectivity index (χ2n) is 5.89. The van der Waals surface area contributed by atoms with Gasteiger partial charge in [0.25, 0.3) is 0 Å². The van der Waals surface area contributed by atoms with Crippen molar-refractivity contribution in [1.82, 2.24) is 25.4 Å². The lowest BCUT2D eigenvalue weighted by atomic mass is 10.2. The molecular formula is C19H21N5O2S2. The van der Waals surface area contributed by atoms with E-state index in [1.54, 1.807) is 11.3 Å². The largest absolute Gasteiger partial charge is 0.350 e. The second-order valence-corrected chi connectivity index (χ2v) is 7.86. The molecule has 0 aliphatic heterocycles. The van der Waals surface area contributed by atoms with Crippen molar-refractivity contribution < 1.29 is 9.59 Å². The van der Waals surface area contributed by atoms with Crippen LogP contribution < -0.4 is 5.32 Å². The van der Waals surface area contributed by atoms with E-state index >= 15 is 0 Å². The van der Waals surface area contributed by atoms with Crippen molar-refractivity contribution in [1.29, 1.82) is 0 Å². The van der Waals surface area contributed by atoms with Crippen LogP contribution in [0.25, 0.3) is 11.4 Å². The number of rotatable bonds is 9. The molecule has 2 aromatic heterocycles. The number of nitrogens with zero attached hydrogens (tertiary/aromatic N) is 3. The first-order chi connectivity index (χ1) is 13.7. The monoisotopic (exact) mass is 415 g/mol. The zero-order valence-electron chi connectivity index (χ0n) is 15.4. The number of thiophene rings is 1. The van der Waals surface area contributed by atoms with Crippen molar-refractivity contribution >= 4 is 34.9 Å². The first kappa shape index (κ1) is 20.1. The standard InChI is InChI=1S/C19H21N5O2S2/c1-2-24(12-16(25)20-11-15-9-6-10-27-15)17(26)13-28-19-21-18(22-23-19)14-7-4-3-5-8-14/h3-10H,2,11-13H2,1H3,(H,20,25)(H,21,22,23). The molecule has 3 aromatic rings. The van der Waals surface area contributed by atoms with Crippen molar-refractivity contribution in [3.05, 3.63) is 52.7 Å². The Morgan fingerprint density at radius 2 is 2.04 bits per heavy atom. The SMILES string of the molecule is CCN(CC(=O)NCc1cccs1)C(=O)CSc1n[nH]c(-c2ccccc2)n1. The van der Waals surface area contributed by atoms with Crippen LogP contribution in [0.2, 0.25) is 0 Å². The van der Waals surface area contributed by atoms with Crippen LogP contribution in [0.4, 0.5) is 0 Å². The van der Waals surface area contributed by atoms with Gasteiger partial charge in [0, 0.05) is 17.0 Å². The zero-order chi connectivity index (χ0) is 19.8. The van der Waals surface area contributed by atoms with Gasteiger partial charge >= 0.3 is 0 Å². The molecule has 146 valence electrons. The summed E-state index contributed by atoms with van der Waals surface area (Å²) >= 11 is 2.84. The van der Waals surface area contributed by atoms with Crippen LogP contribution in [-0.2, 0) is 16.1 Å². The van der Waals surface area contributed by atoms with E-state index in [2.05, 4.69) is 20.5 Å². The maximum absolute atomic E-state index is 12.5. The third-order valence-electron chi connectivity index (χ3n) is 3.95. The Hall–Kier alpha value is -2.65. The molecule has 0 spiro atoms. The zero-order valence-corrected chi connectivity index (χ0v) is 17.1. The molecule has 7 nitrogen and oxygen atoms in total. The number of hydrogen-bond donors (Lipinski definition) is 2. The Labute approximate surface area is 171 Å². The fourth-order valence-corrected chi connectivity index (χ4v) is 3.80. The molecule has 9 heteroatoms. The number of aromatic nitrogens is 3. The predicted molar refractivity (Wildman–Crippen MR) is 111 cm³/mol. The van der Waals surface area contributed by atoms with E-state index in [1.165, 1.54) is 16.7 Å². The molecule has 0 aliphatic rings. The normalized spacial score (nSPS) is 10.6. The fourth-order valence-electron chi connectivity index (χ4n) is 2.46. The maximum Gasteiger partial charge on any atom is 0.239 e. The molecule has 0 bridgehead atoms. The van der Waals surface area contributed by atoms with Gasteiger partial charge in [0.1, 0.15) is 0 Å². The minimum absolute atomic E-state index is 0.0462. The van der Waals surface area contributed by atoms with E-state index in [0.717, 1.165) is 10.4 Å². The van der Waals surface area contributed by atoms with Crippen LogP contribution in [-0.4, -0.2) is 50.7 Å². The summed E-state index contributed by atoms with van der Waals surface area (Å²) in [6.07, 6.45) is 0. The summed E-state index contributed by atoms with van der Waals surface area (Å²) in [4.78, 5) is 31.6. The first-order valence-corrected chi connectivity index (χ1v) is 10.7. The molecular weight excluding hydrogens is 394 g/mol. The molecule has 2 heterocycles. The third-order valence-corrected chi connectivity index (χ3v) is 5.65. The molecule has 0 atom stereocenters. The smallest absolute Gasteiger partial charge is 0.239 e. The van der Waals surface area contributed by atoms with Gasteiger partial charge in [-0.3, -0.25) is 14.7 Å². The van der Waals surface area contributed by atoms with Crippen molar-refractivity contribution in [2.45, 2.75) is 18.6 Å². The topological polar surface area (TPSA) is 91.0 Å². The van der Waals surface area contributed by atoms with Gasteiger partial charge in [0.15, 0.2) is 5.82 Å². The molecule has 28 heavy (non-hydrogen) atoms. The lowest BCUT2D eigenvalue weighted by molar-refractivity contribution is -0.133. The molecule has 0 fully saturated rings. The lowest BCUT2D eigenvalue weighted by Gasteiger charge is -2.19. The number of H-pyrrole nitrogens is 1. The quantitative estimate of drug-likeness (QED) is 0.525. The van der Waals surface area contributed by atoms with Crippen molar-refractivity contribution in [2.24, 2.45) is 0 Å². The highest BCUT2D eigenvalue weighted by Crippen LogP contribution is 2.19. The minimum Gasteiger partial charge on any atom is -0.350 e. The Kier molecular flexibility index (Phi) is 7.21. The van der Waals surface area contributed by atoms with E-state index in [-0.39, 0.29) is 24.1 Å². The predicted octanol–water partition coefficient (Wildman–Crippen LogP) is 2.79. The summed E-state index contributed by atoms with van der Waals surface area (Å²) in [5.74, 6) is 0.552. The Balaban J connectivity index is 1.47. The van der Waals surface area contributed by atoms with Gasteiger partial charge in [-0.2, -0.15) is 0 Å². The van der Waals surface area contributed by atoms with Crippen molar-refractivity contribution in [3.8, 4) is 11.4 Å². The van der Waals surface area contributed by atoms with Gasteiger partial charge < -0.3 is 10.2 Å². The molecule has 1 aromatic carbocycles. The molecule has 2 amide bonds. The van der Waals surface area contributed by atoms with Gasteiger partial charge in [-0.1, -0.05) is 48.2 Å². The maximum atomic E-state index is 12.5. The Morgan fingerprint density at radius 3 is 2.75 bits per heavy atom. The highest BCUT2D eigenvalue weighted by Gasteiger charge is 2.17. The van der Waals surface area contributed by atoms with Gasteiger partial charge in [-0.15, -0.1) is 16.4 Å². The summed E-state index contributed by atoms with van der Waals surface area (Å²) in [5, 5.41) is 12.3. The highest BCUT2D eigenvalue weighted by atomic mass is 32.2. The number of hydrogen-bond acceptors (Lipinski definition) is 6. The average Bonchev–Trinajstić information content (AvgIpc) is 3.41. The van der Waals surface area contributed by atoms with Crippen LogP contribution in [0, 0.1) is 0 Å². The van der Waals surface area contributed by atoms with E-state index in [0.29, 0.717) is 24.1 Å². The number of carbonyl (C=O) groups excluding carboxylic acids is 2. The van der Waals surface area contributed by atoms with Gasteiger partial charge in [-0.25, -0.2) is 4.98 Å². The molecule has 2 N–H and O–H groups in total. The Bertz CT molecular complexity index is 896. The summed E-state index contributed by atoms with van der Waals surface area (Å²) in [6, 6.07) is 13.6. The number of nitrogens with one attached hydrogen (secondary N) is 2.